The summed E-state index contributed by atoms with van der Waals surface area (Å²) >= 11 is 1.48. The van der Waals surface area contributed by atoms with Crippen LogP contribution in [0.4, 0.5) is 5.69 Å². The van der Waals surface area contributed by atoms with Crippen molar-refractivity contribution in [3.63, 3.8) is 0 Å². The van der Waals surface area contributed by atoms with Crippen molar-refractivity contribution in [2.75, 3.05) is 17.2 Å². The van der Waals surface area contributed by atoms with E-state index >= 15 is 0 Å². The van der Waals surface area contributed by atoms with Gasteiger partial charge in [-0.1, -0.05) is 12.8 Å². The largest absolute Gasteiger partial charge is 0.311 e. The van der Waals surface area contributed by atoms with E-state index in [-0.39, 0.29) is 11.9 Å². The zero-order valence-corrected chi connectivity index (χ0v) is 17.1. The van der Waals surface area contributed by atoms with Crippen LogP contribution in [-0.4, -0.2) is 37.6 Å². The lowest BCUT2D eigenvalue weighted by molar-refractivity contribution is -0.116. The molecule has 1 aliphatic heterocycles. The van der Waals surface area contributed by atoms with Gasteiger partial charge in [-0.25, -0.2) is 13.1 Å². The quantitative estimate of drug-likeness (QED) is 0.731. The number of aromatic nitrogens is 1. The minimum Gasteiger partial charge on any atom is -0.311 e. The van der Waals surface area contributed by atoms with Crippen molar-refractivity contribution >= 4 is 33.4 Å². The molecule has 28 heavy (non-hydrogen) atoms. The molecule has 1 aromatic carbocycles. The van der Waals surface area contributed by atoms with Gasteiger partial charge < -0.3 is 4.90 Å². The topological polar surface area (TPSA) is 79.4 Å². The van der Waals surface area contributed by atoms with Crippen LogP contribution in [0.1, 0.15) is 31.2 Å². The van der Waals surface area contributed by atoms with E-state index in [1.165, 1.54) is 11.8 Å². The smallest absolute Gasteiger partial charge is 0.240 e. The number of rotatable bonds is 6. The Bertz CT molecular complexity index is 958. The summed E-state index contributed by atoms with van der Waals surface area (Å²) in [7, 11) is -3.51. The molecule has 0 atom stereocenters. The number of hydrogen-bond donors (Lipinski definition) is 1. The molecule has 1 amide bonds. The van der Waals surface area contributed by atoms with Gasteiger partial charge in [-0.05, 0) is 55.2 Å². The molecule has 1 N–H and O–H groups in total. The summed E-state index contributed by atoms with van der Waals surface area (Å²) in [6.45, 7) is 0.588. The fraction of sp³-hybridized carbons (Fsp3) is 0.400. The molecule has 148 valence electrons. The SMILES string of the molecule is O=C(CSc1ccncc1)N1CCc2cc(S(=O)(=O)NC3CCCC3)ccc21. The second-order valence-corrected chi connectivity index (χ2v) is 9.92. The second-order valence-electron chi connectivity index (χ2n) is 7.16. The standard InChI is InChI=1S/C20H23N3O3S2/c24-20(14-27-17-7-10-21-11-8-17)23-12-9-15-13-18(5-6-19(15)23)28(25,26)22-16-3-1-2-4-16/h5-8,10-11,13,16,22H,1-4,9,12,14H2. The first-order valence-electron chi connectivity index (χ1n) is 9.51. The van der Waals surface area contributed by atoms with Crippen molar-refractivity contribution in [2.24, 2.45) is 0 Å². The number of pyridine rings is 1. The minimum atomic E-state index is -3.51. The van der Waals surface area contributed by atoms with Gasteiger partial charge in [0.25, 0.3) is 0 Å². The number of sulfonamides is 1. The van der Waals surface area contributed by atoms with Gasteiger partial charge in [0, 0.05) is 35.6 Å². The summed E-state index contributed by atoms with van der Waals surface area (Å²) in [6, 6.07) is 8.89. The Balaban J connectivity index is 1.45. The van der Waals surface area contributed by atoms with E-state index in [1.54, 1.807) is 35.5 Å². The van der Waals surface area contributed by atoms with Crippen molar-refractivity contribution in [3.8, 4) is 0 Å². The number of carbonyl (C=O) groups excluding carboxylic acids is 1. The van der Waals surface area contributed by atoms with E-state index in [2.05, 4.69) is 9.71 Å². The molecule has 1 aromatic heterocycles. The fourth-order valence-corrected chi connectivity index (χ4v) is 5.91. The van der Waals surface area contributed by atoms with Gasteiger partial charge in [0.15, 0.2) is 0 Å². The molecule has 0 unspecified atom stereocenters. The highest BCUT2D eigenvalue weighted by Gasteiger charge is 2.28. The van der Waals surface area contributed by atoms with Crippen LogP contribution in [0.2, 0.25) is 0 Å². The number of nitrogens with zero attached hydrogens (tertiary/aromatic N) is 2. The number of carbonyl (C=O) groups is 1. The lowest BCUT2D eigenvalue weighted by Gasteiger charge is -2.18. The minimum absolute atomic E-state index is 0.0280. The van der Waals surface area contributed by atoms with Gasteiger partial charge in [0.2, 0.25) is 15.9 Å². The average Bonchev–Trinajstić information content (AvgIpc) is 3.35. The number of thioether (sulfide) groups is 1. The molecule has 0 spiro atoms. The summed E-state index contributed by atoms with van der Waals surface area (Å²) < 4.78 is 28.1. The third-order valence-electron chi connectivity index (χ3n) is 5.25. The van der Waals surface area contributed by atoms with E-state index < -0.39 is 10.0 Å². The van der Waals surface area contributed by atoms with Crippen LogP contribution in [0.3, 0.4) is 0 Å². The zero-order chi connectivity index (χ0) is 19.6. The van der Waals surface area contributed by atoms with Crippen LogP contribution >= 0.6 is 11.8 Å². The van der Waals surface area contributed by atoms with Crippen LogP contribution in [0, 0.1) is 0 Å². The maximum absolute atomic E-state index is 12.7. The van der Waals surface area contributed by atoms with Gasteiger partial charge in [-0.15, -0.1) is 11.8 Å². The Labute approximate surface area is 169 Å². The number of fused-ring (bicyclic) bond motifs is 1. The van der Waals surface area contributed by atoms with Crippen LogP contribution in [0.25, 0.3) is 0 Å². The average molecular weight is 418 g/mol. The van der Waals surface area contributed by atoms with Gasteiger partial charge in [-0.2, -0.15) is 0 Å². The lowest BCUT2D eigenvalue weighted by atomic mass is 10.2. The van der Waals surface area contributed by atoms with E-state index in [0.717, 1.165) is 41.8 Å². The highest BCUT2D eigenvalue weighted by atomic mass is 32.2. The molecule has 6 nitrogen and oxygen atoms in total. The molecule has 2 heterocycles. The Morgan fingerprint density at radius 2 is 1.93 bits per heavy atom. The first-order chi connectivity index (χ1) is 13.5. The fourth-order valence-electron chi connectivity index (χ4n) is 3.79. The van der Waals surface area contributed by atoms with Crippen LogP contribution in [-0.2, 0) is 21.2 Å². The zero-order valence-electron chi connectivity index (χ0n) is 15.5. The van der Waals surface area contributed by atoms with Gasteiger partial charge >= 0.3 is 0 Å². The van der Waals surface area contributed by atoms with E-state index in [0.29, 0.717) is 23.6 Å². The second kappa shape index (κ2) is 8.23. The molecule has 1 fully saturated rings. The number of benzene rings is 1. The summed E-state index contributed by atoms with van der Waals surface area (Å²) in [6.07, 6.45) is 8.05. The Morgan fingerprint density at radius 3 is 2.68 bits per heavy atom. The van der Waals surface area contributed by atoms with E-state index in [1.807, 2.05) is 12.1 Å². The predicted molar refractivity (Wildman–Crippen MR) is 110 cm³/mol. The van der Waals surface area contributed by atoms with Crippen molar-refractivity contribution < 1.29 is 13.2 Å². The Morgan fingerprint density at radius 1 is 1.18 bits per heavy atom. The van der Waals surface area contributed by atoms with Crippen LogP contribution < -0.4 is 9.62 Å². The van der Waals surface area contributed by atoms with Crippen molar-refractivity contribution in [1.29, 1.82) is 0 Å². The van der Waals surface area contributed by atoms with Crippen LogP contribution in [0.15, 0.2) is 52.5 Å². The molecule has 1 aliphatic carbocycles. The Kier molecular flexibility index (Phi) is 5.70. The highest BCUT2D eigenvalue weighted by Crippen LogP contribution is 2.31. The Hall–Kier alpha value is -1.90. The first kappa shape index (κ1) is 19.4. The predicted octanol–water partition coefficient (Wildman–Crippen LogP) is 2.98. The summed E-state index contributed by atoms with van der Waals surface area (Å²) in [4.78, 5) is 19.7. The molecule has 2 aromatic rings. The summed E-state index contributed by atoms with van der Waals surface area (Å²) in [5, 5.41) is 0. The third-order valence-corrected chi connectivity index (χ3v) is 7.76. The summed E-state index contributed by atoms with van der Waals surface area (Å²) in [5.41, 5.74) is 1.73. The number of anilines is 1. The van der Waals surface area contributed by atoms with Crippen molar-refractivity contribution in [2.45, 2.75) is 47.9 Å². The maximum Gasteiger partial charge on any atom is 0.240 e. The normalized spacial score (nSPS) is 17.1. The summed E-state index contributed by atoms with van der Waals surface area (Å²) in [5.74, 6) is 0.368. The van der Waals surface area contributed by atoms with Gasteiger partial charge in [0.1, 0.15) is 0 Å². The van der Waals surface area contributed by atoms with Crippen LogP contribution in [0.5, 0.6) is 0 Å². The van der Waals surface area contributed by atoms with Gasteiger partial charge in [-0.3, -0.25) is 9.78 Å². The molecular weight excluding hydrogens is 394 g/mol. The number of nitrogens with one attached hydrogen (secondary N) is 1. The van der Waals surface area contributed by atoms with Crippen molar-refractivity contribution in [1.82, 2.24) is 9.71 Å². The molecule has 0 radical (unpaired) electrons. The first-order valence-corrected chi connectivity index (χ1v) is 12.0. The number of hydrogen-bond acceptors (Lipinski definition) is 5. The maximum atomic E-state index is 12.7. The van der Waals surface area contributed by atoms with E-state index in [4.69, 9.17) is 0 Å². The number of amides is 1. The molecule has 0 saturated heterocycles. The molecule has 4 rings (SSSR count). The van der Waals surface area contributed by atoms with Crippen molar-refractivity contribution in [3.05, 3.63) is 48.3 Å². The van der Waals surface area contributed by atoms with E-state index in [9.17, 15) is 13.2 Å². The third kappa shape index (κ3) is 4.24. The molecule has 2 aliphatic rings. The molecule has 1 saturated carbocycles. The van der Waals surface area contributed by atoms with Gasteiger partial charge in [0.05, 0.1) is 10.6 Å². The lowest BCUT2D eigenvalue weighted by Crippen LogP contribution is -2.32. The highest BCUT2D eigenvalue weighted by molar-refractivity contribution is 8.00. The molecular formula is C20H23N3O3S2. The molecule has 8 heteroatoms. The molecule has 0 bridgehead atoms. The monoisotopic (exact) mass is 417 g/mol.